The number of para-hydroxylation sites is 1. The highest BCUT2D eigenvalue weighted by Gasteiger charge is 2.17. The molecule has 0 N–H and O–H groups in total. The number of benzene rings is 3. The number of hydrogen-bond donors (Lipinski definition) is 0. The van der Waals surface area contributed by atoms with E-state index in [1.54, 1.807) is 0 Å². The van der Waals surface area contributed by atoms with Crippen molar-refractivity contribution in [2.24, 2.45) is 5.41 Å². The first kappa shape index (κ1) is 23.2. The monoisotopic (exact) mass is 445 g/mol. The van der Waals surface area contributed by atoms with E-state index in [2.05, 4.69) is 122 Å². The molecule has 0 bridgehead atoms. The summed E-state index contributed by atoms with van der Waals surface area (Å²) in [5.41, 5.74) is 6.66. The minimum Gasteiger partial charge on any atom is -0.275 e. The average Bonchev–Trinajstić information content (AvgIpc) is 3.30. The Morgan fingerprint density at radius 2 is 1.29 bits per heavy atom. The molecule has 0 saturated heterocycles. The predicted octanol–water partition coefficient (Wildman–Crippen LogP) is 8.16. The lowest BCUT2D eigenvalue weighted by molar-refractivity contribution is 0.517. The normalized spacial score (nSPS) is 12.6. The first-order valence-corrected chi connectivity index (χ1v) is 11.6. The van der Waals surface area contributed by atoms with Crippen LogP contribution in [-0.2, 0) is 0 Å². The summed E-state index contributed by atoms with van der Waals surface area (Å²) in [5.74, 6) is 1.64. The molecule has 0 atom stereocenters. The van der Waals surface area contributed by atoms with Gasteiger partial charge in [0, 0.05) is 11.3 Å². The molecule has 4 aromatic rings. The smallest absolute Gasteiger partial charge is 0.168 e. The van der Waals surface area contributed by atoms with Gasteiger partial charge in [-0.2, -0.15) is 0 Å². The molecule has 0 spiro atoms. The zero-order valence-corrected chi connectivity index (χ0v) is 20.4. The van der Waals surface area contributed by atoms with E-state index in [0.717, 1.165) is 28.5 Å². The van der Waals surface area contributed by atoms with Gasteiger partial charge in [0.05, 0.1) is 0 Å². The largest absolute Gasteiger partial charge is 0.275 e. The molecule has 0 aliphatic heterocycles. The highest BCUT2D eigenvalue weighted by atomic mass is 15.3. The maximum atomic E-state index is 4.61. The van der Waals surface area contributed by atoms with Crippen molar-refractivity contribution in [2.45, 2.75) is 27.7 Å². The van der Waals surface area contributed by atoms with Gasteiger partial charge in [0.2, 0.25) is 0 Å². The number of aromatic nitrogens is 3. The second-order valence-electron chi connectivity index (χ2n) is 9.39. The SMILES string of the molecule is C=C/C(=C\C=C(/C)c1nnc(-c2ccc(-c3ccccc3)cc2)n1-c1ccccc1)C(C)(C)C. The lowest BCUT2D eigenvalue weighted by Gasteiger charge is -2.19. The molecule has 3 aromatic carbocycles. The Hall–Kier alpha value is -3.98. The molecular weight excluding hydrogens is 414 g/mol. The quantitative estimate of drug-likeness (QED) is 0.280. The summed E-state index contributed by atoms with van der Waals surface area (Å²) in [4.78, 5) is 0. The molecule has 34 heavy (non-hydrogen) atoms. The third-order valence-electron chi connectivity index (χ3n) is 5.88. The first-order valence-electron chi connectivity index (χ1n) is 11.6. The Balaban J connectivity index is 1.79. The molecule has 0 amide bonds. The van der Waals surface area contributed by atoms with Crippen LogP contribution in [0.5, 0.6) is 0 Å². The van der Waals surface area contributed by atoms with Crippen LogP contribution < -0.4 is 0 Å². The molecule has 170 valence electrons. The van der Waals surface area contributed by atoms with E-state index < -0.39 is 0 Å². The lowest BCUT2D eigenvalue weighted by atomic mass is 9.86. The Kier molecular flexibility index (Phi) is 6.74. The van der Waals surface area contributed by atoms with Crippen molar-refractivity contribution >= 4 is 5.57 Å². The molecule has 0 unspecified atom stereocenters. The molecule has 0 aliphatic carbocycles. The lowest BCUT2D eigenvalue weighted by Crippen LogP contribution is -2.07. The molecule has 4 rings (SSSR count). The topological polar surface area (TPSA) is 30.7 Å². The summed E-state index contributed by atoms with van der Waals surface area (Å²) in [7, 11) is 0. The van der Waals surface area contributed by atoms with Gasteiger partial charge in [-0.1, -0.05) is 118 Å². The molecule has 3 heteroatoms. The van der Waals surface area contributed by atoms with Crippen LogP contribution in [0.15, 0.2) is 115 Å². The summed E-state index contributed by atoms with van der Waals surface area (Å²) in [6.07, 6.45) is 6.15. The number of rotatable bonds is 6. The van der Waals surface area contributed by atoms with Gasteiger partial charge in [0.25, 0.3) is 0 Å². The van der Waals surface area contributed by atoms with Crippen LogP contribution in [0.1, 0.15) is 33.5 Å². The van der Waals surface area contributed by atoms with Crippen molar-refractivity contribution < 1.29 is 0 Å². The van der Waals surface area contributed by atoms with Crippen molar-refractivity contribution in [3.63, 3.8) is 0 Å². The fourth-order valence-electron chi connectivity index (χ4n) is 3.90. The highest BCUT2D eigenvalue weighted by molar-refractivity contribution is 5.71. The second kappa shape index (κ2) is 9.88. The van der Waals surface area contributed by atoms with E-state index in [1.807, 2.05) is 30.3 Å². The van der Waals surface area contributed by atoms with Gasteiger partial charge in [0.15, 0.2) is 11.6 Å². The predicted molar refractivity (Wildman–Crippen MR) is 144 cm³/mol. The van der Waals surface area contributed by atoms with Crippen LogP contribution in [0.25, 0.3) is 33.8 Å². The third kappa shape index (κ3) is 4.99. The van der Waals surface area contributed by atoms with Gasteiger partial charge in [-0.15, -0.1) is 10.2 Å². The van der Waals surface area contributed by atoms with Crippen molar-refractivity contribution in [2.75, 3.05) is 0 Å². The number of hydrogen-bond acceptors (Lipinski definition) is 2. The molecule has 3 nitrogen and oxygen atoms in total. The maximum absolute atomic E-state index is 4.61. The van der Waals surface area contributed by atoms with Gasteiger partial charge in [-0.3, -0.25) is 4.57 Å². The van der Waals surface area contributed by atoms with E-state index in [1.165, 1.54) is 16.7 Å². The standard InChI is InChI=1S/C31H31N3/c1-6-27(31(3,4)5)22-17-23(2)29-32-33-30(34(29)28-15-11-8-12-16-28)26-20-18-25(19-21-26)24-13-9-7-10-14-24/h6-22H,1H2,2-5H3/b23-17+,27-22+. The Bertz CT molecular complexity index is 1320. The van der Waals surface area contributed by atoms with Gasteiger partial charge < -0.3 is 0 Å². The number of nitrogens with zero attached hydrogens (tertiary/aromatic N) is 3. The van der Waals surface area contributed by atoms with Crippen LogP contribution >= 0.6 is 0 Å². The van der Waals surface area contributed by atoms with Crippen molar-refractivity contribution in [3.05, 3.63) is 121 Å². The van der Waals surface area contributed by atoms with Crippen LogP contribution in [0, 0.1) is 5.41 Å². The van der Waals surface area contributed by atoms with Crippen LogP contribution in [0.4, 0.5) is 0 Å². The summed E-state index contributed by atoms with van der Waals surface area (Å²) >= 11 is 0. The second-order valence-corrected chi connectivity index (χ2v) is 9.39. The van der Waals surface area contributed by atoms with E-state index in [9.17, 15) is 0 Å². The summed E-state index contributed by atoms with van der Waals surface area (Å²) in [6.45, 7) is 12.6. The van der Waals surface area contributed by atoms with E-state index in [0.29, 0.717) is 0 Å². The summed E-state index contributed by atoms with van der Waals surface area (Å²) in [6, 6.07) is 29.2. The Morgan fingerprint density at radius 3 is 1.88 bits per heavy atom. The Morgan fingerprint density at radius 1 is 0.735 bits per heavy atom. The minimum atomic E-state index is 0.0251. The van der Waals surface area contributed by atoms with Gasteiger partial charge in [-0.05, 0) is 46.7 Å². The zero-order chi connectivity index (χ0) is 24.1. The van der Waals surface area contributed by atoms with Crippen LogP contribution in [-0.4, -0.2) is 14.8 Å². The maximum Gasteiger partial charge on any atom is 0.168 e. The van der Waals surface area contributed by atoms with Crippen molar-refractivity contribution in [3.8, 4) is 28.2 Å². The van der Waals surface area contributed by atoms with Crippen molar-refractivity contribution in [1.29, 1.82) is 0 Å². The molecule has 0 aliphatic rings. The fourth-order valence-corrected chi connectivity index (χ4v) is 3.90. The molecule has 0 saturated carbocycles. The fraction of sp³-hybridized carbons (Fsp3) is 0.161. The van der Waals surface area contributed by atoms with Crippen molar-refractivity contribution in [1.82, 2.24) is 14.8 Å². The summed E-state index contributed by atoms with van der Waals surface area (Å²) in [5, 5.41) is 9.22. The third-order valence-corrected chi connectivity index (χ3v) is 5.88. The molecule has 0 fully saturated rings. The minimum absolute atomic E-state index is 0.0251. The molecule has 0 radical (unpaired) electrons. The highest BCUT2D eigenvalue weighted by Crippen LogP contribution is 2.30. The van der Waals surface area contributed by atoms with Gasteiger partial charge >= 0.3 is 0 Å². The molecule has 1 heterocycles. The average molecular weight is 446 g/mol. The van der Waals surface area contributed by atoms with Crippen LogP contribution in [0.3, 0.4) is 0 Å². The van der Waals surface area contributed by atoms with E-state index in [4.69, 9.17) is 0 Å². The Labute approximate surface area is 202 Å². The van der Waals surface area contributed by atoms with Gasteiger partial charge in [0.1, 0.15) is 0 Å². The zero-order valence-electron chi connectivity index (χ0n) is 20.4. The van der Waals surface area contributed by atoms with E-state index in [-0.39, 0.29) is 5.41 Å². The van der Waals surface area contributed by atoms with Gasteiger partial charge in [-0.25, -0.2) is 0 Å². The van der Waals surface area contributed by atoms with E-state index >= 15 is 0 Å². The van der Waals surface area contributed by atoms with Crippen LogP contribution in [0.2, 0.25) is 0 Å². The molecule has 1 aromatic heterocycles. The number of allylic oxidation sites excluding steroid dienone is 5. The summed E-state index contributed by atoms with van der Waals surface area (Å²) < 4.78 is 2.13. The first-order chi connectivity index (χ1) is 16.4. The molecular formula is C31H31N3.